The van der Waals surface area contributed by atoms with E-state index in [1.54, 1.807) is 5.38 Å². The molecule has 1 aromatic heterocycles. The highest BCUT2D eigenvalue weighted by Gasteiger charge is 2.44. The van der Waals surface area contributed by atoms with Crippen molar-refractivity contribution >= 4 is 40.7 Å². The number of likely N-dealkylation sites (tertiary alicyclic amines) is 1. The molecule has 0 unspecified atom stereocenters. The molecule has 8 nitrogen and oxygen atoms in total. The van der Waals surface area contributed by atoms with Crippen LogP contribution < -0.4 is 5.32 Å². The van der Waals surface area contributed by atoms with E-state index < -0.39 is 48.7 Å². The lowest BCUT2D eigenvalue weighted by Gasteiger charge is -2.38. The summed E-state index contributed by atoms with van der Waals surface area (Å²) in [6.07, 6.45) is 0.694. The van der Waals surface area contributed by atoms with E-state index in [-0.39, 0.29) is 40.7 Å². The summed E-state index contributed by atoms with van der Waals surface area (Å²) in [6, 6.07) is 1.68. The molecule has 1 aromatic carbocycles. The molecule has 2 aliphatic rings. The number of rotatable bonds is 6. The Bertz CT molecular complexity index is 1210. The average molecular weight is 529 g/mol. The van der Waals surface area contributed by atoms with Crippen LogP contribution in [0, 0.1) is 5.82 Å². The van der Waals surface area contributed by atoms with Gasteiger partial charge >= 0.3 is 11.9 Å². The molecule has 0 amide bonds. The van der Waals surface area contributed by atoms with Gasteiger partial charge in [-0.25, -0.2) is 22.9 Å². The largest absolute Gasteiger partial charge is 0.480 e. The van der Waals surface area contributed by atoms with E-state index in [0.717, 1.165) is 18.1 Å². The molecule has 0 spiro atoms. The average Bonchev–Trinajstić information content (AvgIpc) is 3.34. The number of nitrogens with zero attached hydrogens (tertiary/aromatic N) is 3. The number of benzene rings is 1. The summed E-state index contributed by atoms with van der Waals surface area (Å²) in [5.74, 6) is -5.75. The van der Waals surface area contributed by atoms with Crippen molar-refractivity contribution in [1.29, 1.82) is 0 Å². The molecule has 13 heteroatoms. The zero-order valence-electron chi connectivity index (χ0n) is 18.3. The van der Waals surface area contributed by atoms with Crippen LogP contribution in [0.3, 0.4) is 0 Å². The Kier molecular flexibility index (Phi) is 7.15. The van der Waals surface area contributed by atoms with Crippen LogP contribution >= 0.6 is 22.9 Å². The molecular formula is C22H20ClF3N4O4S. The van der Waals surface area contributed by atoms with Crippen molar-refractivity contribution in [3.63, 3.8) is 0 Å². The van der Waals surface area contributed by atoms with Gasteiger partial charge in [-0.3, -0.25) is 14.7 Å². The number of carboxylic acid groups (broad SMARTS) is 1. The van der Waals surface area contributed by atoms with E-state index in [2.05, 4.69) is 15.3 Å². The number of halogens is 4. The Hall–Kier alpha value is -2.96. The predicted molar refractivity (Wildman–Crippen MR) is 122 cm³/mol. The molecule has 2 aliphatic heterocycles. The smallest absolute Gasteiger partial charge is 0.338 e. The van der Waals surface area contributed by atoms with Crippen molar-refractivity contribution < 1.29 is 32.6 Å². The molecule has 0 saturated carbocycles. The number of carbonyl (C=O) groups excluding carboxylic acids is 1. The lowest BCUT2D eigenvalue weighted by Crippen LogP contribution is -2.54. The topological polar surface area (TPSA) is 104 Å². The number of nitrogens with one attached hydrogen (secondary N) is 1. The number of hydrogen-bond donors (Lipinski definition) is 2. The Morgan fingerprint density at radius 2 is 2.17 bits per heavy atom. The highest BCUT2D eigenvalue weighted by molar-refractivity contribution is 7.11. The fourth-order valence-electron chi connectivity index (χ4n) is 4.14. The third kappa shape index (κ3) is 5.19. The number of piperidine rings is 1. The van der Waals surface area contributed by atoms with Crippen molar-refractivity contribution in [2.24, 2.45) is 4.99 Å². The van der Waals surface area contributed by atoms with E-state index in [1.807, 2.05) is 0 Å². The number of carboxylic acids is 1. The normalized spacial score (nSPS) is 22.4. The van der Waals surface area contributed by atoms with Crippen molar-refractivity contribution in [2.75, 3.05) is 20.2 Å². The van der Waals surface area contributed by atoms with Gasteiger partial charge in [0.25, 0.3) is 5.92 Å². The molecular weight excluding hydrogens is 509 g/mol. The second-order valence-corrected chi connectivity index (χ2v) is 9.30. The minimum Gasteiger partial charge on any atom is -0.480 e. The zero-order valence-corrected chi connectivity index (χ0v) is 19.9. The van der Waals surface area contributed by atoms with Gasteiger partial charge in [0.15, 0.2) is 10.8 Å². The van der Waals surface area contributed by atoms with E-state index in [0.29, 0.717) is 5.01 Å². The lowest BCUT2D eigenvalue weighted by molar-refractivity contribution is -0.151. The van der Waals surface area contributed by atoms with Gasteiger partial charge < -0.3 is 15.2 Å². The maximum absolute atomic E-state index is 14.3. The Labute approximate surface area is 207 Å². The molecule has 0 radical (unpaired) electrons. The number of alkyl halides is 2. The number of carbonyl (C=O) groups is 2. The van der Waals surface area contributed by atoms with Gasteiger partial charge in [-0.2, -0.15) is 0 Å². The summed E-state index contributed by atoms with van der Waals surface area (Å²) < 4.78 is 47.8. The number of ether oxygens (including phenoxy) is 1. The van der Waals surface area contributed by atoms with Crippen LogP contribution in [0.4, 0.5) is 13.2 Å². The Morgan fingerprint density at radius 1 is 1.40 bits per heavy atom. The molecule has 3 heterocycles. The van der Waals surface area contributed by atoms with E-state index in [9.17, 15) is 27.9 Å². The predicted octanol–water partition coefficient (Wildman–Crippen LogP) is 3.64. The minimum absolute atomic E-state index is 0.0892. The molecule has 0 aliphatic carbocycles. The van der Waals surface area contributed by atoms with Crippen molar-refractivity contribution in [2.45, 2.75) is 30.8 Å². The van der Waals surface area contributed by atoms with Gasteiger partial charge in [-0.05, 0) is 12.5 Å². The summed E-state index contributed by atoms with van der Waals surface area (Å²) in [4.78, 5) is 34.5. The maximum atomic E-state index is 14.3. The summed E-state index contributed by atoms with van der Waals surface area (Å²) in [5, 5.41) is 14.4. The Morgan fingerprint density at radius 3 is 2.83 bits per heavy atom. The number of amidine groups is 1. The van der Waals surface area contributed by atoms with Crippen molar-refractivity contribution in [1.82, 2.24) is 15.2 Å². The lowest BCUT2D eigenvalue weighted by atomic mass is 9.93. The highest BCUT2D eigenvalue weighted by Crippen LogP contribution is 2.38. The third-order valence-electron chi connectivity index (χ3n) is 5.75. The molecule has 2 aromatic rings. The number of aliphatic imine (C=N–C) groups is 1. The fourth-order valence-corrected chi connectivity index (χ4v) is 4.96. The quantitative estimate of drug-likeness (QED) is 0.552. The summed E-state index contributed by atoms with van der Waals surface area (Å²) >= 11 is 7.44. The monoisotopic (exact) mass is 528 g/mol. The molecule has 2 atom stereocenters. The zero-order chi connectivity index (χ0) is 25.3. The van der Waals surface area contributed by atoms with Crippen LogP contribution in [0.1, 0.15) is 29.5 Å². The summed E-state index contributed by atoms with van der Waals surface area (Å²) in [7, 11) is 1.13. The molecule has 0 bridgehead atoms. The highest BCUT2D eigenvalue weighted by atomic mass is 35.5. The number of aliphatic carboxylic acids is 1. The molecule has 1 saturated heterocycles. The van der Waals surface area contributed by atoms with E-state index in [4.69, 9.17) is 16.3 Å². The number of methoxy groups -OCH3 is 1. The number of hydrogen-bond acceptors (Lipinski definition) is 8. The number of thiazole rings is 1. The van der Waals surface area contributed by atoms with Gasteiger partial charge in [-0.1, -0.05) is 23.7 Å². The van der Waals surface area contributed by atoms with Crippen molar-refractivity contribution in [3.8, 4) is 0 Å². The van der Waals surface area contributed by atoms with Gasteiger partial charge in [0.05, 0.1) is 24.3 Å². The summed E-state index contributed by atoms with van der Waals surface area (Å²) in [6.45, 7) is -1.18. The maximum Gasteiger partial charge on any atom is 0.338 e. The third-order valence-corrected chi connectivity index (χ3v) is 6.93. The molecule has 1 fully saturated rings. The fraction of sp³-hybridized carbons (Fsp3) is 0.364. The van der Waals surface area contributed by atoms with Crippen molar-refractivity contribution in [3.05, 3.63) is 62.5 Å². The SMILES string of the molecule is COC(=O)C1=C(CN2CC(F)(F)CC[C@H]2C(=O)O)NC(c2nccs2)=N[C@H]1c1cccc(F)c1Cl. The standard InChI is InChI=1S/C22H20ClF3N4O4S/c1-34-21(33)15-13(9-30-10-22(25,26)6-5-14(30)20(31)32)28-18(19-27-7-8-35-19)29-17(15)11-3-2-4-12(24)16(11)23/h2-4,7-8,14,17H,5-6,9-10H2,1H3,(H,28,29)(H,31,32)/t14-,17-/m0/s1. The number of esters is 1. The van der Waals surface area contributed by atoms with Crippen LogP contribution in [0.25, 0.3) is 0 Å². The van der Waals surface area contributed by atoms with E-state index >= 15 is 0 Å². The van der Waals surface area contributed by atoms with Gasteiger partial charge in [0.1, 0.15) is 17.9 Å². The first kappa shape index (κ1) is 25.1. The van der Waals surface area contributed by atoms with Crippen LogP contribution in [0.5, 0.6) is 0 Å². The Balaban J connectivity index is 1.85. The van der Waals surface area contributed by atoms with E-state index in [1.165, 1.54) is 29.7 Å². The van der Waals surface area contributed by atoms with Crippen LogP contribution in [-0.2, 0) is 14.3 Å². The first-order valence-electron chi connectivity index (χ1n) is 10.5. The molecule has 2 N–H and O–H groups in total. The molecule has 35 heavy (non-hydrogen) atoms. The second-order valence-electron chi connectivity index (χ2n) is 8.02. The molecule has 186 valence electrons. The van der Waals surface area contributed by atoms with Crippen LogP contribution in [0.15, 0.2) is 46.0 Å². The molecule has 4 rings (SSSR count). The van der Waals surface area contributed by atoms with Gasteiger partial charge in [0, 0.05) is 35.8 Å². The van der Waals surface area contributed by atoms with Crippen LogP contribution in [-0.4, -0.2) is 64.9 Å². The number of aromatic nitrogens is 1. The summed E-state index contributed by atoms with van der Waals surface area (Å²) in [5.41, 5.74) is 0.142. The first-order valence-corrected chi connectivity index (χ1v) is 11.7. The van der Waals surface area contributed by atoms with Gasteiger partial charge in [0.2, 0.25) is 0 Å². The first-order chi connectivity index (χ1) is 16.6. The van der Waals surface area contributed by atoms with Crippen LogP contribution in [0.2, 0.25) is 5.02 Å². The van der Waals surface area contributed by atoms with Gasteiger partial charge in [-0.15, -0.1) is 11.3 Å². The second kappa shape index (κ2) is 9.96. The minimum atomic E-state index is -3.11.